The van der Waals surface area contributed by atoms with Gasteiger partial charge in [0.05, 0.1) is 19.6 Å². The van der Waals surface area contributed by atoms with Gasteiger partial charge in [-0.2, -0.15) is 0 Å². The van der Waals surface area contributed by atoms with Gasteiger partial charge in [0, 0.05) is 12.8 Å². The van der Waals surface area contributed by atoms with E-state index >= 15 is 0 Å². The van der Waals surface area contributed by atoms with Gasteiger partial charge in [-0.1, -0.05) is 0 Å². The molecule has 0 aliphatic carbocycles. The molecular weight excluding hydrogens is 266 g/mol. The van der Waals surface area contributed by atoms with Crippen molar-refractivity contribution >= 4 is 29.8 Å². The molecule has 0 spiro atoms. The molecule has 0 saturated heterocycles. The van der Waals surface area contributed by atoms with Crippen molar-refractivity contribution in [2.75, 3.05) is 19.6 Å². The van der Waals surface area contributed by atoms with Crippen molar-refractivity contribution in [1.29, 1.82) is 0 Å². The summed E-state index contributed by atoms with van der Waals surface area (Å²) in [5.74, 6) is -1.31. The highest BCUT2D eigenvalue weighted by Crippen LogP contribution is 1.95. The average Bonchev–Trinajstić information content (AvgIpc) is 2.40. The van der Waals surface area contributed by atoms with Crippen LogP contribution in [0.5, 0.6) is 0 Å². The fourth-order valence-electron chi connectivity index (χ4n) is 1.22. The lowest BCUT2D eigenvalue weighted by Crippen LogP contribution is -2.42. The summed E-state index contributed by atoms with van der Waals surface area (Å²) in [6.45, 7) is 0.843. The van der Waals surface area contributed by atoms with Crippen LogP contribution < -0.4 is 16.0 Å². The van der Waals surface area contributed by atoms with Gasteiger partial charge in [-0.05, 0) is 13.3 Å². The van der Waals surface area contributed by atoms with Crippen molar-refractivity contribution in [2.24, 2.45) is 0 Å². The van der Waals surface area contributed by atoms with Gasteiger partial charge >= 0.3 is 0 Å². The first-order chi connectivity index (χ1) is 9.45. The van der Waals surface area contributed by atoms with E-state index in [4.69, 9.17) is 0 Å². The highest BCUT2D eigenvalue weighted by atomic mass is 16.2. The number of aldehydes is 1. The third-order valence-corrected chi connectivity index (χ3v) is 2.21. The molecule has 0 atom stereocenters. The number of hydrogen-bond donors (Lipinski definition) is 3. The summed E-state index contributed by atoms with van der Waals surface area (Å²) in [5.41, 5.74) is 0. The lowest BCUT2D eigenvalue weighted by Gasteiger charge is -2.06. The molecule has 0 unspecified atom stereocenters. The first-order valence-electron chi connectivity index (χ1n) is 6.19. The fraction of sp³-hybridized carbons (Fsp3) is 0.583. The molecular formula is C12H19N3O5. The third kappa shape index (κ3) is 10.9. The van der Waals surface area contributed by atoms with Gasteiger partial charge in [0.15, 0.2) is 0 Å². The fourth-order valence-corrected chi connectivity index (χ4v) is 1.22. The van der Waals surface area contributed by atoms with Gasteiger partial charge in [-0.25, -0.2) is 0 Å². The SMILES string of the molecule is CC(=O)CCCC(=O)NCC(=O)NCC(=O)NCC=O. The van der Waals surface area contributed by atoms with Crippen LogP contribution in [0.2, 0.25) is 0 Å². The molecule has 0 aromatic heterocycles. The topological polar surface area (TPSA) is 121 Å². The standard InChI is InChI=1S/C12H19N3O5/c1-9(17)3-2-4-10(18)14-8-12(20)15-7-11(19)13-5-6-16/h6H,2-5,7-8H2,1H3,(H,13,19)(H,14,18)(H,15,20). The van der Waals surface area contributed by atoms with Gasteiger partial charge < -0.3 is 25.5 Å². The molecule has 0 radical (unpaired) electrons. The van der Waals surface area contributed by atoms with Gasteiger partial charge in [0.1, 0.15) is 12.1 Å². The lowest BCUT2D eigenvalue weighted by atomic mass is 10.2. The summed E-state index contributed by atoms with van der Waals surface area (Å²) >= 11 is 0. The van der Waals surface area contributed by atoms with E-state index in [1.807, 2.05) is 0 Å². The summed E-state index contributed by atoms with van der Waals surface area (Å²) in [5, 5.41) is 6.91. The molecule has 0 saturated carbocycles. The van der Waals surface area contributed by atoms with E-state index in [2.05, 4.69) is 16.0 Å². The summed E-state index contributed by atoms with van der Waals surface area (Å²) in [6.07, 6.45) is 1.47. The molecule has 3 amide bonds. The maximum Gasteiger partial charge on any atom is 0.239 e. The molecule has 0 aliphatic heterocycles. The monoisotopic (exact) mass is 285 g/mol. The first kappa shape index (κ1) is 17.8. The minimum Gasteiger partial charge on any atom is -0.348 e. The van der Waals surface area contributed by atoms with Crippen molar-refractivity contribution in [2.45, 2.75) is 26.2 Å². The zero-order valence-electron chi connectivity index (χ0n) is 11.4. The number of amides is 3. The quantitative estimate of drug-likeness (QED) is 0.413. The smallest absolute Gasteiger partial charge is 0.239 e. The first-order valence-corrected chi connectivity index (χ1v) is 6.19. The van der Waals surface area contributed by atoms with Crippen molar-refractivity contribution in [3.05, 3.63) is 0 Å². The Bertz CT molecular complexity index is 381. The molecule has 8 nitrogen and oxygen atoms in total. The average molecular weight is 285 g/mol. The highest BCUT2D eigenvalue weighted by molar-refractivity contribution is 5.88. The van der Waals surface area contributed by atoms with Crippen LogP contribution in [0, 0.1) is 0 Å². The molecule has 0 fully saturated rings. The van der Waals surface area contributed by atoms with Crippen LogP contribution in [-0.2, 0) is 24.0 Å². The molecule has 0 heterocycles. The molecule has 3 N–H and O–H groups in total. The summed E-state index contributed by atoms with van der Waals surface area (Å²) in [4.78, 5) is 54.3. The summed E-state index contributed by atoms with van der Waals surface area (Å²) in [7, 11) is 0. The summed E-state index contributed by atoms with van der Waals surface area (Å²) in [6, 6.07) is 0. The number of nitrogens with one attached hydrogen (secondary N) is 3. The Morgan fingerprint density at radius 2 is 1.40 bits per heavy atom. The van der Waals surface area contributed by atoms with Crippen molar-refractivity contribution in [1.82, 2.24) is 16.0 Å². The molecule has 8 heteroatoms. The van der Waals surface area contributed by atoms with Gasteiger partial charge in [-0.15, -0.1) is 0 Å². The number of hydrogen-bond acceptors (Lipinski definition) is 5. The van der Waals surface area contributed by atoms with Gasteiger partial charge in [-0.3, -0.25) is 14.4 Å². The minimum absolute atomic E-state index is 0.0110. The lowest BCUT2D eigenvalue weighted by molar-refractivity contribution is -0.128. The minimum atomic E-state index is -0.508. The van der Waals surface area contributed by atoms with Crippen molar-refractivity contribution in [3.63, 3.8) is 0 Å². The number of carbonyl (C=O) groups is 5. The second-order valence-electron chi connectivity index (χ2n) is 4.08. The van der Waals surface area contributed by atoms with Crippen LogP contribution in [0.3, 0.4) is 0 Å². The van der Waals surface area contributed by atoms with Crippen molar-refractivity contribution < 1.29 is 24.0 Å². The molecule has 0 rings (SSSR count). The molecule has 0 bridgehead atoms. The predicted molar refractivity (Wildman–Crippen MR) is 69.6 cm³/mol. The van der Waals surface area contributed by atoms with Crippen LogP contribution in [0.4, 0.5) is 0 Å². The Kier molecular flexibility index (Phi) is 9.45. The Balaban J connectivity index is 3.66. The van der Waals surface area contributed by atoms with E-state index in [9.17, 15) is 24.0 Å². The van der Waals surface area contributed by atoms with Crippen LogP contribution >= 0.6 is 0 Å². The number of ketones is 1. The molecule has 0 aromatic carbocycles. The van der Waals surface area contributed by atoms with E-state index in [0.29, 0.717) is 19.1 Å². The molecule has 112 valence electrons. The van der Waals surface area contributed by atoms with E-state index in [1.165, 1.54) is 6.92 Å². The Hall–Kier alpha value is -2.25. The van der Waals surface area contributed by atoms with E-state index in [-0.39, 0.29) is 37.7 Å². The summed E-state index contributed by atoms with van der Waals surface area (Å²) < 4.78 is 0. The largest absolute Gasteiger partial charge is 0.348 e. The van der Waals surface area contributed by atoms with E-state index < -0.39 is 11.8 Å². The second-order valence-corrected chi connectivity index (χ2v) is 4.08. The Morgan fingerprint density at radius 3 is 1.95 bits per heavy atom. The third-order valence-electron chi connectivity index (χ3n) is 2.21. The maximum atomic E-state index is 11.3. The van der Waals surface area contributed by atoms with Gasteiger partial charge in [0.25, 0.3) is 0 Å². The maximum absolute atomic E-state index is 11.3. The normalized spacial score (nSPS) is 9.45. The van der Waals surface area contributed by atoms with E-state index in [0.717, 1.165) is 0 Å². The molecule has 0 aliphatic rings. The van der Waals surface area contributed by atoms with E-state index in [1.54, 1.807) is 0 Å². The zero-order valence-corrected chi connectivity index (χ0v) is 11.4. The Morgan fingerprint density at radius 1 is 0.850 bits per heavy atom. The van der Waals surface area contributed by atoms with Crippen LogP contribution in [0.1, 0.15) is 26.2 Å². The zero-order chi connectivity index (χ0) is 15.4. The van der Waals surface area contributed by atoms with Crippen LogP contribution in [0.25, 0.3) is 0 Å². The predicted octanol–water partition coefficient (Wildman–Crippen LogP) is -1.71. The number of rotatable bonds is 10. The van der Waals surface area contributed by atoms with Crippen LogP contribution in [-0.4, -0.2) is 49.4 Å². The second kappa shape index (κ2) is 10.7. The number of Topliss-reactive ketones (excluding diaryl/α,β-unsaturated/α-hetero) is 1. The molecule has 0 aromatic rings. The van der Waals surface area contributed by atoms with Crippen LogP contribution in [0.15, 0.2) is 0 Å². The van der Waals surface area contributed by atoms with Crippen molar-refractivity contribution in [3.8, 4) is 0 Å². The van der Waals surface area contributed by atoms with Gasteiger partial charge in [0.2, 0.25) is 17.7 Å². The molecule has 20 heavy (non-hydrogen) atoms. The number of carbonyl (C=O) groups excluding carboxylic acids is 5. The Labute approximate surface area is 116 Å². The highest BCUT2D eigenvalue weighted by Gasteiger charge is 2.07.